The van der Waals surface area contributed by atoms with Gasteiger partial charge in [-0.3, -0.25) is 9.69 Å². The number of aliphatic imine (C=N–C) groups is 1. The molecule has 0 bridgehead atoms. The van der Waals surface area contributed by atoms with Crippen LogP contribution in [0, 0.1) is 5.82 Å². The Labute approximate surface area is 116 Å². The van der Waals surface area contributed by atoms with Gasteiger partial charge in [-0.2, -0.15) is 0 Å². The number of morpholine rings is 1. The molecule has 1 aromatic carbocycles. The molecule has 1 unspecified atom stereocenters. The van der Waals surface area contributed by atoms with Crippen LogP contribution in [0.2, 0.25) is 0 Å². The van der Waals surface area contributed by atoms with Crippen LogP contribution in [0.5, 0.6) is 0 Å². The molecule has 1 aromatic rings. The number of aldehydes is 1. The van der Waals surface area contributed by atoms with Gasteiger partial charge in [0.25, 0.3) is 0 Å². The molecule has 0 N–H and O–H groups in total. The zero-order valence-electron chi connectivity index (χ0n) is 11.0. The number of rotatable bonds is 3. The summed E-state index contributed by atoms with van der Waals surface area (Å²) in [5.41, 5.74) is 0.785. The van der Waals surface area contributed by atoms with Crippen LogP contribution in [0.25, 0.3) is 0 Å². The van der Waals surface area contributed by atoms with Crippen LogP contribution in [-0.2, 0) is 9.53 Å². The maximum atomic E-state index is 13.0. The van der Waals surface area contributed by atoms with Gasteiger partial charge >= 0.3 is 0 Å². The molecule has 0 aromatic heterocycles. The highest BCUT2D eigenvalue weighted by atomic mass is 19.1. The van der Waals surface area contributed by atoms with Crippen molar-refractivity contribution in [2.24, 2.45) is 4.99 Å². The number of nitrogens with zero attached hydrogens (tertiary/aromatic N) is 3. The molecule has 2 aliphatic heterocycles. The number of hydrogen-bond donors (Lipinski definition) is 0. The quantitative estimate of drug-likeness (QED) is 0.770. The lowest BCUT2D eigenvalue weighted by atomic mass is 10.2. The minimum Gasteiger partial charge on any atom is -0.379 e. The molecule has 1 atom stereocenters. The van der Waals surface area contributed by atoms with E-state index in [2.05, 4.69) is 9.89 Å². The van der Waals surface area contributed by atoms with Gasteiger partial charge in [-0.05, 0) is 24.3 Å². The lowest BCUT2D eigenvalue weighted by Crippen LogP contribution is -2.45. The first-order valence-electron chi connectivity index (χ1n) is 6.66. The minimum atomic E-state index is -0.290. The Balaban J connectivity index is 1.78. The minimum absolute atomic E-state index is 0.0378. The highest BCUT2D eigenvalue weighted by molar-refractivity contribution is 6.34. The van der Waals surface area contributed by atoms with Crippen molar-refractivity contribution >= 4 is 17.8 Å². The van der Waals surface area contributed by atoms with Crippen molar-refractivity contribution in [1.82, 2.24) is 4.90 Å². The zero-order valence-corrected chi connectivity index (χ0v) is 11.0. The number of carbonyl (C=O) groups excluding carboxylic acids is 1. The number of amidine groups is 1. The van der Waals surface area contributed by atoms with Crippen molar-refractivity contribution in [3.8, 4) is 0 Å². The molecule has 2 heterocycles. The molecule has 5 nitrogen and oxygen atoms in total. The Hall–Kier alpha value is -1.79. The van der Waals surface area contributed by atoms with E-state index in [4.69, 9.17) is 4.74 Å². The first-order valence-corrected chi connectivity index (χ1v) is 6.66. The van der Waals surface area contributed by atoms with E-state index in [0.717, 1.165) is 25.1 Å². The van der Waals surface area contributed by atoms with Gasteiger partial charge in [-0.25, -0.2) is 9.38 Å². The van der Waals surface area contributed by atoms with Crippen molar-refractivity contribution in [1.29, 1.82) is 0 Å². The highest BCUT2D eigenvalue weighted by Crippen LogP contribution is 2.22. The molecule has 20 heavy (non-hydrogen) atoms. The van der Waals surface area contributed by atoms with Crippen molar-refractivity contribution in [3.05, 3.63) is 30.1 Å². The van der Waals surface area contributed by atoms with Gasteiger partial charge in [-0.15, -0.1) is 0 Å². The van der Waals surface area contributed by atoms with Crippen LogP contribution in [0.1, 0.15) is 0 Å². The second-order valence-electron chi connectivity index (χ2n) is 4.82. The first-order chi connectivity index (χ1) is 9.78. The molecular formula is C14H16FN3O2. The Bertz CT molecular complexity index is 512. The normalized spacial score (nSPS) is 23.8. The third-order valence-electron chi connectivity index (χ3n) is 3.61. The largest absolute Gasteiger partial charge is 0.379 e. The molecule has 106 valence electrons. The lowest BCUT2D eigenvalue weighted by molar-refractivity contribution is -0.102. The Morgan fingerprint density at radius 2 is 1.95 bits per heavy atom. The number of anilines is 1. The van der Waals surface area contributed by atoms with E-state index < -0.39 is 0 Å². The predicted octanol–water partition coefficient (Wildman–Crippen LogP) is 0.901. The Kier molecular flexibility index (Phi) is 3.75. The van der Waals surface area contributed by atoms with Gasteiger partial charge < -0.3 is 9.64 Å². The summed E-state index contributed by atoms with van der Waals surface area (Å²) >= 11 is 0. The first kappa shape index (κ1) is 13.2. The fourth-order valence-electron chi connectivity index (χ4n) is 2.55. The highest BCUT2D eigenvalue weighted by Gasteiger charge is 2.30. The molecule has 0 aliphatic carbocycles. The van der Waals surface area contributed by atoms with E-state index in [0.29, 0.717) is 25.6 Å². The van der Waals surface area contributed by atoms with Crippen LogP contribution in [0.15, 0.2) is 29.3 Å². The summed E-state index contributed by atoms with van der Waals surface area (Å²) in [7, 11) is 0. The summed E-state index contributed by atoms with van der Waals surface area (Å²) in [6.07, 6.45) is 0.716. The van der Waals surface area contributed by atoms with Crippen LogP contribution in [-0.4, -0.2) is 56.0 Å². The number of carbonyl (C=O) groups is 1. The third-order valence-corrected chi connectivity index (χ3v) is 3.61. The maximum absolute atomic E-state index is 13.0. The van der Waals surface area contributed by atoms with Crippen LogP contribution >= 0.6 is 0 Å². The Morgan fingerprint density at radius 3 is 2.60 bits per heavy atom. The van der Waals surface area contributed by atoms with Crippen molar-refractivity contribution in [2.45, 2.75) is 6.17 Å². The maximum Gasteiger partial charge on any atom is 0.185 e. The van der Waals surface area contributed by atoms with Gasteiger partial charge in [0, 0.05) is 18.8 Å². The van der Waals surface area contributed by atoms with E-state index >= 15 is 0 Å². The smallest absolute Gasteiger partial charge is 0.185 e. The zero-order chi connectivity index (χ0) is 13.9. The average Bonchev–Trinajstić information content (AvgIpc) is 2.93. The molecule has 0 spiro atoms. The summed E-state index contributed by atoms with van der Waals surface area (Å²) < 4.78 is 18.3. The van der Waals surface area contributed by atoms with E-state index in [1.807, 2.05) is 4.90 Å². The predicted molar refractivity (Wildman–Crippen MR) is 73.4 cm³/mol. The number of hydrogen-bond acceptors (Lipinski definition) is 5. The SMILES string of the molecule is O=CC1=NC(N2CCOCC2)CN1c1ccc(F)cc1. The second kappa shape index (κ2) is 5.68. The third kappa shape index (κ3) is 2.57. The molecule has 3 rings (SSSR count). The number of benzene rings is 1. The van der Waals surface area contributed by atoms with Gasteiger partial charge in [0.05, 0.1) is 19.8 Å². The monoisotopic (exact) mass is 277 g/mol. The molecule has 6 heteroatoms. The topological polar surface area (TPSA) is 45.1 Å². The summed E-state index contributed by atoms with van der Waals surface area (Å²) in [4.78, 5) is 19.7. The van der Waals surface area contributed by atoms with Crippen molar-refractivity contribution < 1.29 is 13.9 Å². The fraction of sp³-hybridized carbons (Fsp3) is 0.429. The molecule has 1 fully saturated rings. The summed E-state index contributed by atoms with van der Waals surface area (Å²) in [6, 6.07) is 6.10. The standard InChI is InChI=1S/C14H16FN3O2/c15-11-1-3-12(4-2-11)18-9-13(16-14(18)10-19)17-5-7-20-8-6-17/h1-4,10,13H,5-9H2. The summed E-state index contributed by atoms with van der Waals surface area (Å²) in [5, 5.41) is 0. The molecule has 0 radical (unpaired) electrons. The fourth-order valence-corrected chi connectivity index (χ4v) is 2.55. The second-order valence-corrected chi connectivity index (χ2v) is 4.82. The lowest BCUT2D eigenvalue weighted by Gasteiger charge is -2.30. The van der Waals surface area contributed by atoms with Gasteiger partial charge in [0.1, 0.15) is 12.0 Å². The van der Waals surface area contributed by atoms with Gasteiger partial charge in [0.2, 0.25) is 0 Å². The summed E-state index contributed by atoms with van der Waals surface area (Å²) in [6.45, 7) is 3.63. The number of halogens is 1. The summed E-state index contributed by atoms with van der Waals surface area (Å²) in [5.74, 6) is 0.107. The molecule has 1 saturated heterocycles. The molecule has 0 amide bonds. The van der Waals surface area contributed by atoms with Gasteiger partial charge in [0.15, 0.2) is 12.1 Å². The van der Waals surface area contributed by atoms with Crippen LogP contribution in [0.3, 0.4) is 0 Å². The number of ether oxygens (including phenoxy) is 1. The van der Waals surface area contributed by atoms with Crippen LogP contribution in [0.4, 0.5) is 10.1 Å². The van der Waals surface area contributed by atoms with E-state index in [9.17, 15) is 9.18 Å². The molecular weight excluding hydrogens is 261 g/mol. The van der Waals surface area contributed by atoms with E-state index in [-0.39, 0.29) is 12.0 Å². The van der Waals surface area contributed by atoms with E-state index in [1.165, 1.54) is 12.1 Å². The molecule has 0 saturated carbocycles. The van der Waals surface area contributed by atoms with E-state index in [1.54, 1.807) is 12.1 Å². The van der Waals surface area contributed by atoms with Crippen LogP contribution < -0.4 is 4.90 Å². The molecule has 2 aliphatic rings. The Morgan fingerprint density at radius 1 is 1.25 bits per heavy atom. The average molecular weight is 277 g/mol. The van der Waals surface area contributed by atoms with Gasteiger partial charge in [-0.1, -0.05) is 0 Å². The van der Waals surface area contributed by atoms with Crippen molar-refractivity contribution in [2.75, 3.05) is 37.7 Å². The van der Waals surface area contributed by atoms with Crippen molar-refractivity contribution in [3.63, 3.8) is 0 Å².